The number of nitrogens with zero attached hydrogens (tertiary/aromatic N) is 3. The SMILES string of the molecule is CC(O)(c1ccccc1)c1ccc(C2=NC(C3=CC=C3)=C3C=NC=C[N+]23N)cc1. The van der Waals surface area contributed by atoms with Crippen LogP contribution in [0.4, 0.5) is 0 Å². The Bertz CT molecular complexity index is 1170. The van der Waals surface area contributed by atoms with Crippen molar-refractivity contribution in [3.05, 3.63) is 119 Å². The Kier molecular flexibility index (Phi) is 3.86. The van der Waals surface area contributed by atoms with Gasteiger partial charge in [0, 0.05) is 5.57 Å². The molecule has 2 heterocycles. The van der Waals surface area contributed by atoms with Crippen LogP contribution in [0.15, 0.2) is 112 Å². The van der Waals surface area contributed by atoms with Gasteiger partial charge in [-0.25, -0.2) is 0 Å². The minimum absolute atomic E-state index is 0.0154. The van der Waals surface area contributed by atoms with Crippen LogP contribution in [0.1, 0.15) is 23.6 Å². The lowest BCUT2D eigenvalue weighted by Gasteiger charge is -2.27. The average Bonchev–Trinajstić information content (AvgIpc) is 3.00. The molecule has 0 fully saturated rings. The number of quaternary nitrogens is 1. The Labute approximate surface area is 169 Å². The lowest BCUT2D eigenvalue weighted by molar-refractivity contribution is -0.750. The Hall–Kier alpha value is -3.38. The zero-order valence-corrected chi connectivity index (χ0v) is 16.0. The van der Waals surface area contributed by atoms with Gasteiger partial charge in [-0.15, -0.1) is 4.59 Å². The second-order valence-corrected chi connectivity index (χ2v) is 7.52. The van der Waals surface area contributed by atoms with Crippen molar-refractivity contribution in [1.82, 2.24) is 0 Å². The van der Waals surface area contributed by atoms with Crippen LogP contribution in [-0.2, 0) is 5.60 Å². The first-order valence-electron chi connectivity index (χ1n) is 9.50. The molecule has 0 amide bonds. The second-order valence-electron chi connectivity index (χ2n) is 7.52. The third-order valence-electron chi connectivity index (χ3n) is 5.66. The fourth-order valence-electron chi connectivity index (χ4n) is 3.81. The highest BCUT2D eigenvalue weighted by molar-refractivity contribution is 6.01. The standard InChI is InChI=1S/C24H21N4O/c1-24(29,19-8-3-2-4-9-19)20-12-10-18(11-13-20)23-27-22(17-6-5-7-17)21-16-26-14-15-28(21,23)25/h2-16,29H,25H2,1H3/q+1. The summed E-state index contributed by atoms with van der Waals surface area (Å²) in [5.74, 6) is 7.46. The lowest BCUT2D eigenvalue weighted by atomic mass is 9.88. The number of fused-ring (bicyclic) bond motifs is 1. The third-order valence-corrected chi connectivity index (χ3v) is 5.66. The Morgan fingerprint density at radius 1 is 1.00 bits per heavy atom. The van der Waals surface area contributed by atoms with E-state index in [0.29, 0.717) is 0 Å². The number of hydrogen-bond donors (Lipinski definition) is 2. The Balaban J connectivity index is 1.52. The van der Waals surface area contributed by atoms with Crippen molar-refractivity contribution in [1.29, 1.82) is 0 Å². The molecule has 0 saturated heterocycles. The molecule has 29 heavy (non-hydrogen) atoms. The molecular formula is C24H21N4O+. The van der Waals surface area contributed by atoms with Gasteiger partial charge in [0.15, 0.2) is 0 Å². The molecular weight excluding hydrogens is 360 g/mol. The summed E-state index contributed by atoms with van der Waals surface area (Å²) in [6.07, 6.45) is 11.3. The molecule has 2 atom stereocenters. The normalized spacial score (nSPS) is 24.0. The molecule has 3 aliphatic rings. The lowest BCUT2D eigenvalue weighted by Crippen LogP contribution is -2.53. The first-order chi connectivity index (χ1) is 14.0. The van der Waals surface area contributed by atoms with Crippen LogP contribution < -0.4 is 5.84 Å². The van der Waals surface area contributed by atoms with E-state index in [4.69, 9.17) is 10.8 Å². The van der Waals surface area contributed by atoms with Gasteiger partial charge in [0.25, 0.3) is 5.84 Å². The van der Waals surface area contributed by atoms with Crippen LogP contribution in [0.25, 0.3) is 0 Å². The van der Waals surface area contributed by atoms with E-state index >= 15 is 0 Å². The fourth-order valence-corrected chi connectivity index (χ4v) is 3.81. The summed E-state index contributed by atoms with van der Waals surface area (Å²) in [5, 5.41) is 11.1. The molecule has 2 aromatic carbocycles. The van der Waals surface area contributed by atoms with Gasteiger partial charge in [0.2, 0.25) is 5.70 Å². The van der Waals surface area contributed by atoms with E-state index in [1.807, 2.05) is 79.0 Å². The quantitative estimate of drug-likeness (QED) is 0.627. The molecule has 0 spiro atoms. The molecule has 0 saturated carbocycles. The largest absolute Gasteiger partial charge is 0.381 e. The maximum Gasteiger partial charge on any atom is 0.265 e. The van der Waals surface area contributed by atoms with E-state index in [1.165, 1.54) is 0 Å². The summed E-state index contributed by atoms with van der Waals surface area (Å²) >= 11 is 0. The molecule has 0 radical (unpaired) electrons. The monoisotopic (exact) mass is 381 g/mol. The smallest absolute Gasteiger partial charge is 0.265 e. The number of hydrogen-bond acceptors (Lipinski definition) is 4. The van der Waals surface area contributed by atoms with Crippen molar-refractivity contribution in [2.75, 3.05) is 0 Å². The van der Waals surface area contributed by atoms with Crippen molar-refractivity contribution >= 4 is 12.1 Å². The number of aliphatic imine (C=N–C) groups is 2. The number of allylic oxidation sites excluding steroid dienone is 4. The first kappa shape index (κ1) is 17.7. The summed E-state index contributed by atoms with van der Waals surface area (Å²) in [5.41, 5.74) is 4.21. The zero-order chi connectivity index (χ0) is 20.1. The Morgan fingerprint density at radius 2 is 1.69 bits per heavy atom. The van der Waals surface area contributed by atoms with Crippen molar-refractivity contribution in [2.24, 2.45) is 15.8 Å². The minimum atomic E-state index is -1.08. The Morgan fingerprint density at radius 3 is 2.34 bits per heavy atom. The summed E-state index contributed by atoms with van der Waals surface area (Å²) in [6.45, 7) is 1.80. The molecule has 5 heteroatoms. The fraction of sp³-hybridized carbons (Fsp3) is 0.0833. The van der Waals surface area contributed by atoms with Gasteiger partial charge in [-0.3, -0.25) is 4.99 Å². The number of aliphatic hydroxyl groups is 1. The van der Waals surface area contributed by atoms with E-state index in [-0.39, 0.29) is 4.59 Å². The van der Waals surface area contributed by atoms with Crippen molar-refractivity contribution in [3.8, 4) is 0 Å². The predicted molar refractivity (Wildman–Crippen MR) is 114 cm³/mol. The van der Waals surface area contributed by atoms with E-state index in [0.717, 1.165) is 39.5 Å². The number of rotatable bonds is 4. The molecule has 0 aromatic heterocycles. The van der Waals surface area contributed by atoms with Crippen LogP contribution in [-0.4, -0.2) is 21.7 Å². The van der Waals surface area contributed by atoms with Gasteiger partial charge in [0.1, 0.15) is 17.5 Å². The summed E-state index contributed by atoms with van der Waals surface area (Å²) < 4.78 is -0.0154. The topological polar surface area (TPSA) is 71.0 Å². The molecule has 1 aliphatic carbocycles. The highest BCUT2D eigenvalue weighted by Crippen LogP contribution is 2.36. The summed E-state index contributed by atoms with van der Waals surface area (Å²) in [4.78, 5) is 9.11. The zero-order valence-electron chi connectivity index (χ0n) is 16.0. The molecule has 0 bridgehead atoms. The van der Waals surface area contributed by atoms with Gasteiger partial charge in [-0.2, -0.15) is 10.8 Å². The molecule has 5 nitrogen and oxygen atoms in total. The van der Waals surface area contributed by atoms with Crippen molar-refractivity contribution in [3.63, 3.8) is 0 Å². The highest BCUT2D eigenvalue weighted by Gasteiger charge is 2.44. The minimum Gasteiger partial charge on any atom is -0.381 e. The van der Waals surface area contributed by atoms with Crippen LogP contribution in [0.5, 0.6) is 0 Å². The van der Waals surface area contributed by atoms with Gasteiger partial charge >= 0.3 is 0 Å². The number of amidine groups is 1. The highest BCUT2D eigenvalue weighted by atomic mass is 16.3. The summed E-state index contributed by atoms with van der Waals surface area (Å²) in [6, 6.07) is 17.4. The number of nitrogens with two attached hydrogens (primary N) is 1. The molecule has 3 N–H and O–H groups in total. The van der Waals surface area contributed by atoms with Gasteiger partial charge in [-0.05, 0) is 30.2 Å². The van der Waals surface area contributed by atoms with Gasteiger partial charge in [-0.1, -0.05) is 60.7 Å². The van der Waals surface area contributed by atoms with E-state index < -0.39 is 5.60 Å². The second kappa shape index (κ2) is 6.32. The van der Waals surface area contributed by atoms with Crippen molar-refractivity contribution in [2.45, 2.75) is 12.5 Å². The molecule has 5 rings (SSSR count). The molecule has 2 aromatic rings. The van der Waals surface area contributed by atoms with Crippen LogP contribution in [0.3, 0.4) is 0 Å². The van der Waals surface area contributed by atoms with Gasteiger partial charge in [0.05, 0.1) is 18.0 Å². The third kappa shape index (κ3) is 2.68. The molecule has 142 valence electrons. The average molecular weight is 381 g/mol. The predicted octanol–water partition coefficient (Wildman–Crippen LogP) is 3.66. The van der Waals surface area contributed by atoms with Crippen LogP contribution in [0, 0.1) is 0 Å². The maximum absolute atomic E-state index is 11.1. The first-order valence-corrected chi connectivity index (χ1v) is 9.50. The van der Waals surface area contributed by atoms with Crippen molar-refractivity contribution < 1.29 is 9.70 Å². The van der Waals surface area contributed by atoms with Crippen LogP contribution >= 0.6 is 0 Å². The maximum atomic E-state index is 11.1. The van der Waals surface area contributed by atoms with Crippen LogP contribution in [0.2, 0.25) is 0 Å². The molecule has 2 aliphatic heterocycles. The number of benzene rings is 2. The van der Waals surface area contributed by atoms with E-state index in [2.05, 4.69) is 4.99 Å². The molecule has 2 unspecified atom stereocenters. The van der Waals surface area contributed by atoms with E-state index in [9.17, 15) is 5.11 Å². The van der Waals surface area contributed by atoms with Gasteiger partial charge < -0.3 is 5.11 Å². The summed E-state index contributed by atoms with van der Waals surface area (Å²) in [7, 11) is 0. The van der Waals surface area contributed by atoms with E-state index in [1.54, 1.807) is 19.3 Å².